The number of hydrogen-bond donors (Lipinski definition) is 0. The van der Waals surface area contributed by atoms with E-state index in [1.165, 1.54) is 16.8 Å². The van der Waals surface area contributed by atoms with Gasteiger partial charge in [-0.1, -0.05) is 6.07 Å². The van der Waals surface area contributed by atoms with Crippen LogP contribution in [-0.2, 0) is 19.5 Å². The maximum absolute atomic E-state index is 11.8. The molecule has 0 N–H and O–H groups in total. The van der Waals surface area contributed by atoms with Gasteiger partial charge < -0.3 is 9.47 Å². The van der Waals surface area contributed by atoms with Gasteiger partial charge in [0.05, 0.1) is 5.03 Å². The Morgan fingerprint density at radius 1 is 1.36 bits per heavy atom. The zero-order valence-electron chi connectivity index (χ0n) is 13.1. The number of rotatable bonds is 5. The van der Waals surface area contributed by atoms with Gasteiger partial charge in [0.25, 0.3) is 5.56 Å². The lowest BCUT2D eigenvalue weighted by atomic mass is 10.1. The van der Waals surface area contributed by atoms with Crippen LogP contribution in [-0.4, -0.2) is 33.8 Å². The zero-order valence-corrected chi connectivity index (χ0v) is 13.9. The molecule has 22 heavy (non-hydrogen) atoms. The van der Waals surface area contributed by atoms with Crippen molar-refractivity contribution in [2.75, 3.05) is 19.3 Å². The largest absolute Gasteiger partial charge is 0.302 e. The highest BCUT2D eigenvalue weighted by molar-refractivity contribution is 7.99. The van der Waals surface area contributed by atoms with E-state index in [0.29, 0.717) is 0 Å². The summed E-state index contributed by atoms with van der Waals surface area (Å²) in [5.74, 6) is 1.00. The van der Waals surface area contributed by atoms with Crippen molar-refractivity contribution in [3.63, 3.8) is 0 Å². The summed E-state index contributed by atoms with van der Waals surface area (Å²) in [4.78, 5) is 18.6. The minimum Gasteiger partial charge on any atom is -0.302 e. The van der Waals surface area contributed by atoms with Crippen LogP contribution in [0.3, 0.4) is 0 Å². The topological polar surface area (TPSA) is 38.1 Å². The number of thioether (sulfide) groups is 1. The van der Waals surface area contributed by atoms with Gasteiger partial charge in [-0.05, 0) is 37.2 Å². The number of fused-ring (bicyclic) bond motifs is 1. The Kier molecular flexibility index (Phi) is 4.64. The van der Waals surface area contributed by atoms with Crippen molar-refractivity contribution in [3.8, 4) is 0 Å². The lowest BCUT2D eigenvalue weighted by molar-refractivity contribution is 0.325. The first-order chi connectivity index (χ1) is 10.6. The van der Waals surface area contributed by atoms with E-state index < -0.39 is 0 Å². The SMILES string of the molecule is Cc1cccnc1CCN(C)Cc1ccc(=O)n2c1SCC2. The van der Waals surface area contributed by atoms with Gasteiger partial charge in [0.15, 0.2) is 0 Å². The molecule has 0 unspecified atom stereocenters. The molecule has 0 fully saturated rings. The van der Waals surface area contributed by atoms with Crippen molar-refractivity contribution in [1.82, 2.24) is 14.5 Å². The number of aryl methyl sites for hydroxylation is 1. The molecule has 0 atom stereocenters. The van der Waals surface area contributed by atoms with Crippen LogP contribution in [0.25, 0.3) is 0 Å². The highest BCUT2D eigenvalue weighted by Crippen LogP contribution is 2.27. The zero-order chi connectivity index (χ0) is 15.5. The van der Waals surface area contributed by atoms with Gasteiger partial charge in [-0.3, -0.25) is 9.78 Å². The van der Waals surface area contributed by atoms with E-state index in [4.69, 9.17) is 0 Å². The van der Waals surface area contributed by atoms with Crippen LogP contribution in [0.2, 0.25) is 0 Å². The summed E-state index contributed by atoms with van der Waals surface area (Å²) in [5.41, 5.74) is 3.79. The van der Waals surface area contributed by atoms with Gasteiger partial charge in [0, 0.05) is 49.8 Å². The van der Waals surface area contributed by atoms with Crippen molar-refractivity contribution in [2.24, 2.45) is 0 Å². The molecule has 0 aliphatic carbocycles. The maximum atomic E-state index is 11.8. The van der Waals surface area contributed by atoms with E-state index in [9.17, 15) is 4.79 Å². The predicted octanol–water partition coefficient (Wildman–Crippen LogP) is 2.33. The van der Waals surface area contributed by atoms with Crippen molar-refractivity contribution in [2.45, 2.75) is 31.5 Å². The molecule has 0 saturated carbocycles. The van der Waals surface area contributed by atoms with Crippen LogP contribution in [0, 0.1) is 6.92 Å². The Balaban J connectivity index is 1.66. The van der Waals surface area contributed by atoms with Crippen molar-refractivity contribution < 1.29 is 0 Å². The van der Waals surface area contributed by atoms with E-state index in [2.05, 4.69) is 29.9 Å². The van der Waals surface area contributed by atoms with Gasteiger partial charge in [0.1, 0.15) is 0 Å². The van der Waals surface area contributed by atoms with E-state index in [1.807, 2.05) is 22.9 Å². The average molecular weight is 315 g/mol. The van der Waals surface area contributed by atoms with E-state index in [0.717, 1.165) is 36.8 Å². The first-order valence-electron chi connectivity index (χ1n) is 7.59. The summed E-state index contributed by atoms with van der Waals surface area (Å²) in [5, 5.41) is 1.15. The molecule has 116 valence electrons. The third-order valence-corrected chi connectivity index (χ3v) is 5.20. The van der Waals surface area contributed by atoms with Crippen LogP contribution >= 0.6 is 11.8 Å². The second-order valence-electron chi connectivity index (χ2n) is 5.76. The molecule has 4 nitrogen and oxygen atoms in total. The van der Waals surface area contributed by atoms with Gasteiger partial charge in [-0.15, -0.1) is 11.8 Å². The van der Waals surface area contributed by atoms with E-state index >= 15 is 0 Å². The monoisotopic (exact) mass is 315 g/mol. The van der Waals surface area contributed by atoms with Gasteiger partial charge in [-0.2, -0.15) is 0 Å². The van der Waals surface area contributed by atoms with Gasteiger partial charge in [0.2, 0.25) is 0 Å². The Labute approximate surface area is 135 Å². The van der Waals surface area contributed by atoms with Gasteiger partial charge in [-0.25, -0.2) is 0 Å². The third-order valence-electron chi connectivity index (χ3n) is 4.06. The molecule has 2 aromatic rings. The Bertz CT molecular complexity index is 726. The van der Waals surface area contributed by atoms with Crippen LogP contribution < -0.4 is 5.56 Å². The standard InChI is InChI=1S/C17H21N3OS/c1-13-4-3-8-18-15(13)7-9-19(2)12-14-5-6-16(21)20-10-11-22-17(14)20/h3-6,8H,7,9-12H2,1-2H3. The minimum atomic E-state index is 0.121. The lowest BCUT2D eigenvalue weighted by Crippen LogP contribution is -2.24. The first kappa shape index (κ1) is 15.3. The molecule has 0 amide bonds. The Morgan fingerprint density at radius 2 is 2.23 bits per heavy atom. The molecular formula is C17H21N3OS. The van der Waals surface area contributed by atoms with Crippen LogP contribution in [0.15, 0.2) is 40.3 Å². The molecule has 1 aliphatic rings. The third kappa shape index (κ3) is 3.25. The lowest BCUT2D eigenvalue weighted by Gasteiger charge is -2.18. The van der Waals surface area contributed by atoms with Crippen molar-refractivity contribution in [1.29, 1.82) is 0 Å². The maximum Gasteiger partial charge on any atom is 0.251 e. The smallest absolute Gasteiger partial charge is 0.251 e. The summed E-state index contributed by atoms with van der Waals surface area (Å²) in [6, 6.07) is 7.76. The first-order valence-corrected chi connectivity index (χ1v) is 8.58. The molecule has 0 aromatic carbocycles. The fourth-order valence-electron chi connectivity index (χ4n) is 2.79. The summed E-state index contributed by atoms with van der Waals surface area (Å²) < 4.78 is 1.90. The van der Waals surface area contributed by atoms with Crippen LogP contribution in [0.1, 0.15) is 16.8 Å². The Hall–Kier alpha value is -1.59. The van der Waals surface area contributed by atoms with E-state index in [1.54, 1.807) is 17.8 Å². The summed E-state index contributed by atoms with van der Waals surface area (Å²) in [6.07, 6.45) is 2.81. The molecule has 2 aromatic heterocycles. The van der Waals surface area contributed by atoms with E-state index in [-0.39, 0.29) is 5.56 Å². The Morgan fingerprint density at radius 3 is 3.05 bits per heavy atom. The molecule has 0 saturated heterocycles. The normalized spacial score (nSPS) is 13.6. The molecule has 0 radical (unpaired) electrons. The number of pyridine rings is 2. The molecule has 0 bridgehead atoms. The second-order valence-corrected chi connectivity index (χ2v) is 6.84. The van der Waals surface area contributed by atoms with Crippen molar-refractivity contribution >= 4 is 11.8 Å². The minimum absolute atomic E-state index is 0.121. The number of likely N-dealkylation sites (N-methyl/N-ethyl adjacent to an activating group) is 1. The second kappa shape index (κ2) is 6.67. The van der Waals surface area contributed by atoms with Crippen LogP contribution in [0.4, 0.5) is 0 Å². The average Bonchev–Trinajstić information content (AvgIpc) is 3.00. The fourth-order valence-corrected chi connectivity index (χ4v) is 3.91. The summed E-state index contributed by atoms with van der Waals surface area (Å²) >= 11 is 1.79. The fraction of sp³-hybridized carbons (Fsp3) is 0.412. The molecule has 5 heteroatoms. The highest BCUT2D eigenvalue weighted by atomic mass is 32.2. The summed E-state index contributed by atoms with van der Waals surface area (Å²) in [7, 11) is 2.13. The molecule has 0 spiro atoms. The molecule has 3 heterocycles. The van der Waals surface area contributed by atoms with Gasteiger partial charge >= 0.3 is 0 Å². The molecule has 1 aliphatic heterocycles. The quantitative estimate of drug-likeness (QED) is 0.849. The number of aromatic nitrogens is 2. The van der Waals surface area contributed by atoms with Crippen LogP contribution in [0.5, 0.6) is 0 Å². The number of nitrogens with zero attached hydrogens (tertiary/aromatic N) is 3. The van der Waals surface area contributed by atoms with Crippen molar-refractivity contribution in [3.05, 3.63) is 57.6 Å². The molecular weight excluding hydrogens is 294 g/mol. The summed E-state index contributed by atoms with van der Waals surface area (Å²) in [6.45, 7) is 4.77. The molecule has 3 rings (SSSR count). The highest BCUT2D eigenvalue weighted by Gasteiger charge is 2.17. The number of hydrogen-bond acceptors (Lipinski definition) is 4. The predicted molar refractivity (Wildman–Crippen MR) is 90.4 cm³/mol.